The fourth-order valence-corrected chi connectivity index (χ4v) is 9.67. The lowest BCUT2D eigenvalue weighted by atomic mass is 9.36. The first-order chi connectivity index (χ1) is 29.7. The number of ether oxygens (including phenoxy) is 1. The molecule has 0 spiro atoms. The van der Waals surface area contributed by atoms with Gasteiger partial charge in [-0.15, -0.1) is 0 Å². The van der Waals surface area contributed by atoms with Crippen molar-refractivity contribution >= 4 is 67.7 Å². The molecule has 314 valence electrons. The van der Waals surface area contributed by atoms with Crippen LogP contribution in [0.25, 0.3) is 32.7 Å². The van der Waals surface area contributed by atoms with Crippen molar-refractivity contribution in [1.29, 1.82) is 0 Å². The van der Waals surface area contributed by atoms with E-state index >= 15 is 0 Å². The van der Waals surface area contributed by atoms with Crippen LogP contribution in [0.5, 0.6) is 11.5 Å². The van der Waals surface area contributed by atoms with Crippen LogP contribution in [0.1, 0.15) is 105 Å². The fourth-order valence-electron chi connectivity index (χ4n) is 9.67. The highest BCUT2D eigenvalue weighted by molar-refractivity contribution is 6.96. The van der Waals surface area contributed by atoms with Crippen molar-refractivity contribution in [2.45, 2.75) is 105 Å². The Labute approximate surface area is 378 Å². The van der Waals surface area contributed by atoms with Gasteiger partial charge in [-0.05, 0) is 83.8 Å². The Hall–Kier alpha value is -5.79. The number of hydrogen-bond acceptors (Lipinski definition) is 1. The summed E-state index contributed by atoms with van der Waals surface area (Å²) in [5.74, 6) is 1.82. The maximum absolute atomic E-state index is 6.98. The summed E-state index contributed by atoms with van der Waals surface area (Å²) in [5, 5.41) is 4.88. The SMILES string of the molecule is CC(C)(C)c1ccc(B(c2ccc(C(C)(C)C)cc2)c2ccc3c(c2)Oc2cccc4c2c-3cc2ccc(B(c3ccc(C(C)(C)C)cc3)c3ccc(C(C)(C)C)cc3)cc24)cc1. The lowest BCUT2D eigenvalue weighted by Crippen LogP contribution is -2.52. The standard InChI is InChI=1S/C60H62B2O/c1-57(2,3)40-17-26-44(27-18-40)61(45-28-19-41(20-29-45)58(4,5)6)48-25-16-39-36-53-50-35-34-49(38-55(50)63-54-15-13-14-51(56(53)54)52(39)37-48)62(46-30-21-42(22-31-46)59(7,8)9)47-32-23-43(24-33-47)60(10,11)12/h13-38H,1-12H3. The molecule has 0 saturated heterocycles. The van der Waals surface area contributed by atoms with Gasteiger partial charge in [0, 0.05) is 10.9 Å². The van der Waals surface area contributed by atoms with Crippen LogP contribution in [0.3, 0.4) is 0 Å². The third-order valence-corrected chi connectivity index (χ3v) is 13.6. The monoisotopic (exact) mass is 820 g/mol. The van der Waals surface area contributed by atoms with Crippen molar-refractivity contribution in [1.82, 2.24) is 0 Å². The third-order valence-electron chi connectivity index (χ3n) is 13.6. The van der Waals surface area contributed by atoms with Gasteiger partial charge in [0.2, 0.25) is 13.4 Å². The van der Waals surface area contributed by atoms with Gasteiger partial charge >= 0.3 is 0 Å². The van der Waals surface area contributed by atoms with Crippen LogP contribution in [0, 0.1) is 0 Å². The van der Waals surface area contributed by atoms with Crippen molar-refractivity contribution in [3.8, 4) is 22.6 Å². The minimum atomic E-state index is 0.0522. The highest BCUT2D eigenvalue weighted by Crippen LogP contribution is 2.48. The lowest BCUT2D eigenvalue weighted by Gasteiger charge is -2.26. The summed E-state index contributed by atoms with van der Waals surface area (Å²) in [5.41, 5.74) is 15.7. The van der Waals surface area contributed by atoms with E-state index in [1.807, 2.05) is 0 Å². The lowest BCUT2D eigenvalue weighted by molar-refractivity contribution is 0.487. The van der Waals surface area contributed by atoms with Gasteiger partial charge in [-0.1, -0.05) is 255 Å². The second-order valence-electron chi connectivity index (χ2n) is 22.3. The van der Waals surface area contributed by atoms with E-state index in [4.69, 9.17) is 4.74 Å². The fraction of sp³-hybridized carbons (Fsp3) is 0.267. The molecule has 0 atom stereocenters. The summed E-state index contributed by atoms with van der Waals surface area (Å²) in [6.07, 6.45) is 0. The third kappa shape index (κ3) is 8.17. The summed E-state index contributed by atoms with van der Waals surface area (Å²) in [6, 6.07) is 60.2. The van der Waals surface area contributed by atoms with Gasteiger partial charge in [-0.2, -0.15) is 0 Å². The van der Waals surface area contributed by atoms with Crippen molar-refractivity contribution in [3.63, 3.8) is 0 Å². The molecule has 0 aromatic heterocycles. The zero-order valence-corrected chi connectivity index (χ0v) is 39.6. The Morgan fingerprint density at radius 2 is 0.698 bits per heavy atom. The molecule has 0 radical (unpaired) electrons. The van der Waals surface area contributed by atoms with Gasteiger partial charge in [0.1, 0.15) is 11.5 Å². The molecule has 0 aliphatic carbocycles. The van der Waals surface area contributed by atoms with Gasteiger partial charge < -0.3 is 4.74 Å². The number of hydrogen-bond donors (Lipinski definition) is 0. The van der Waals surface area contributed by atoms with Gasteiger partial charge in [-0.3, -0.25) is 0 Å². The van der Waals surface area contributed by atoms with Crippen LogP contribution in [0.15, 0.2) is 158 Å². The molecular formula is C60H62B2O. The first kappa shape index (κ1) is 42.5. The van der Waals surface area contributed by atoms with E-state index in [1.165, 1.54) is 82.1 Å². The van der Waals surface area contributed by atoms with Gasteiger partial charge in [0.25, 0.3) is 0 Å². The minimum Gasteiger partial charge on any atom is -0.456 e. The molecule has 8 aromatic carbocycles. The first-order valence-corrected chi connectivity index (χ1v) is 23.0. The van der Waals surface area contributed by atoms with E-state index in [-0.39, 0.29) is 35.1 Å². The van der Waals surface area contributed by atoms with Crippen LogP contribution in [0.2, 0.25) is 0 Å². The largest absolute Gasteiger partial charge is 0.456 e. The van der Waals surface area contributed by atoms with Crippen LogP contribution in [-0.2, 0) is 21.7 Å². The molecule has 0 fully saturated rings. The van der Waals surface area contributed by atoms with Gasteiger partial charge in [-0.25, -0.2) is 0 Å². The minimum absolute atomic E-state index is 0.0522. The second kappa shape index (κ2) is 15.5. The molecular weight excluding hydrogens is 758 g/mol. The van der Waals surface area contributed by atoms with Gasteiger partial charge in [0.05, 0.1) is 0 Å². The summed E-state index contributed by atoms with van der Waals surface area (Å²) < 4.78 is 6.98. The maximum Gasteiger partial charge on any atom is 0.241 e. The molecule has 1 aliphatic rings. The predicted molar refractivity (Wildman–Crippen MR) is 277 cm³/mol. The van der Waals surface area contributed by atoms with E-state index in [9.17, 15) is 0 Å². The average molecular weight is 821 g/mol. The Morgan fingerprint density at radius 1 is 0.317 bits per heavy atom. The molecule has 0 saturated carbocycles. The van der Waals surface area contributed by atoms with Crippen LogP contribution in [0.4, 0.5) is 0 Å². The smallest absolute Gasteiger partial charge is 0.241 e. The number of rotatable bonds is 6. The molecule has 1 aliphatic heterocycles. The second-order valence-corrected chi connectivity index (χ2v) is 22.3. The van der Waals surface area contributed by atoms with Crippen molar-refractivity contribution in [2.75, 3.05) is 0 Å². The number of fused-ring (bicyclic) bond motifs is 4. The molecule has 1 heterocycles. The Bertz CT molecular complexity index is 2850. The summed E-state index contributed by atoms with van der Waals surface area (Å²) in [4.78, 5) is 0. The Kier molecular flexibility index (Phi) is 10.4. The summed E-state index contributed by atoms with van der Waals surface area (Å²) in [6.45, 7) is 27.5. The highest BCUT2D eigenvalue weighted by atomic mass is 16.5. The molecule has 9 rings (SSSR count). The van der Waals surface area contributed by atoms with Crippen molar-refractivity contribution < 1.29 is 4.74 Å². The normalized spacial score (nSPS) is 12.9. The maximum atomic E-state index is 6.98. The average Bonchev–Trinajstić information content (AvgIpc) is 3.23. The Balaban J connectivity index is 1.15. The van der Waals surface area contributed by atoms with Crippen molar-refractivity contribution in [3.05, 3.63) is 180 Å². The molecule has 0 amide bonds. The quantitative estimate of drug-likeness (QED) is 0.120. The van der Waals surface area contributed by atoms with E-state index in [2.05, 4.69) is 241 Å². The van der Waals surface area contributed by atoms with E-state index < -0.39 is 0 Å². The van der Waals surface area contributed by atoms with E-state index in [0.29, 0.717) is 0 Å². The topological polar surface area (TPSA) is 9.23 Å². The number of benzene rings is 8. The molecule has 0 N–H and O–H groups in total. The predicted octanol–water partition coefficient (Wildman–Crippen LogP) is 12.0. The summed E-state index contributed by atoms with van der Waals surface area (Å²) >= 11 is 0. The van der Waals surface area contributed by atoms with Gasteiger partial charge in [0.15, 0.2) is 0 Å². The molecule has 0 unspecified atom stereocenters. The van der Waals surface area contributed by atoms with Crippen LogP contribution in [-0.4, -0.2) is 13.4 Å². The zero-order chi connectivity index (χ0) is 44.6. The van der Waals surface area contributed by atoms with Crippen molar-refractivity contribution in [2.24, 2.45) is 0 Å². The molecule has 8 aromatic rings. The van der Waals surface area contributed by atoms with Crippen LogP contribution >= 0.6 is 0 Å². The molecule has 3 heteroatoms. The molecule has 0 bridgehead atoms. The van der Waals surface area contributed by atoms with E-state index in [0.717, 1.165) is 17.1 Å². The molecule has 1 nitrogen and oxygen atoms in total. The van der Waals surface area contributed by atoms with E-state index in [1.54, 1.807) is 0 Å². The zero-order valence-electron chi connectivity index (χ0n) is 39.6. The highest BCUT2D eigenvalue weighted by Gasteiger charge is 2.29. The van der Waals surface area contributed by atoms with Crippen LogP contribution < -0.4 is 37.5 Å². The molecule has 63 heavy (non-hydrogen) atoms. The first-order valence-electron chi connectivity index (χ1n) is 23.0. The summed E-state index contributed by atoms with van der Waals surface area (Å²) in [7, 11) is 0. The Morgan fingerprint density at radius 3 is 1.11 bits per heavy atom.